The third-order valence-corrected chi connectivity index (χ3v) is 3.51. The van der Waals surface area contributed by atoms with Gasteiger partial charge in [0.2, 0.25) is 0 Å². The van der Waals surface area contributed by atoms with E-state index < -0.39 is 0 Å². The highest BCUT2D eigenvalue weighted by atomic mass is 16.3. The highest BCUT2D eigenvalue weighted by Crippen LogP contribution is 2.19. The van der Waals surface area contributed by atoms with E-state index in [1.165, 1.54) is 31.3 Å². The number of carbonyl (C=O) groups excluding carboxylic acids is 1. The lowest BCUT2D eigenvalue weighted by atomic mass is 9.97. The number of amides is 1. The topological polar surface area (TPSA) is 42.2 Å². The minimum Gasteiger partial charge on any atom is -0.456 e. The SMILES string of the molecule is Cc1cc(C(=O)NCCC2=CCCCC2)oc1C. The fourth-order valence-corrected chi connectivity index (χ4v) is 2.24. The molecule has 1 amide bonds. The molecular weight excluding hydrogens is 226 g/mol. The van der Waals surface area contributed by atoms with Crippen LogP contribution in [0.3, 0.4) is 0 Å². The van der Waals surface area contributed by atoms with Crippen molar-refractivity contribution >= 4 is 5.91 Å². The lowest BCUT2D eigenvalue weighted by molar-refractivity contribution is 0.0925. The number of nitrogens with one attached hydrogen (secondary N) is 1. The fraction of sp³-hybridized carbons (Fsp3) is 0.533. The largest absolute Gasteiger partial charge is 0.456 e. The van der Waals surface area contributed by atoms with Gasteiger partial charge in [-0.1, -0.05) is 11.6 Å². The summed E-state index contributed by atoms with van der Waals surface area (Å²) in [5.41, 5.74) is 2.50. The number of carbonyl (C=O) groups is 1. The predicted molar refractivity (Wildman–Crippen MR) is 71.7 cm³/mol. The van der Waals surface area contributed by atoms with E-state index in [9.17, 15) is 4.79 Å². The predicted octanol–water partition coefficient (Wildman–Crippen LogP) is 3.52. The van der Waals surface area contributed by atoms with Crippen LogP contribution >= 0.6 is 0 Å². The molecule has 0 atom stereocenters. The van der Waals surface area contributed by atoms with Gasteiger partial charge in [-0.15, -0.1) is 0 Å². The zero-order chi connectivity index (χ0) is 13.0. The second-order valence-electron chi connectivity index (χ2n) is 4.96. The molecule has 0 radical (unpaired) electrons. The molecule has 0 bridgehead atoms. The summed E-state index contributed by atoms with van der Waals surface area (Å²) in [6.07, 6.45) is 8.26. The molecule has 0 spiro atoms. The quantitative estimate of drug-likeness (QED) is 0.827. The van der Waals surface area contributed by atoms with Crippen LogP contribution in [-0.4, -0.2) is 12.5 Å². The standard InChI is InChI=1S/C15H21NO2/c1-11-10-14(18-12(11)2)15(17)16-9-8-13-6-4-3-5-7-13/h6,10H,3-5,7-9H2,1-2H3,(H,16,17). The molecule has 0 saturated heterocycles. The van der Waals surface area contributed by atoms with Crippen LogP contribution in [0.1, 0.15) is 54.0 Å². The highest BCUT2D eigenvalue weighted by molar-refractivity contribution is 5.91. The average molecular weight is 247 g/mol. The summed E-state index contributed by atoms with van der Waals surface area (Å²) >= 11 is 0. The molecule has 0 fully saturated rings. The van der Waals surface area contributed by atoms with Gasteiger partial charge in [0.05, 0.1) is 0 Å². The number of allylic oxidation sites excluding steroid dienone is 1. The molecule has 0 aromatic carbocycles. The Balaban J connectivity index is 1.79. The van der Waals surface area contributed by atoms with Gasteiger partial charge in [0.25, 0.3) is 5.91 Å². The minimum absolute atomic E-state index is 0.109. The van der Waals surface area contributed by atoms with E-state index in [2.05, 4.69) is 11.4 Å². The first kappa shape index (κ1) is 12.9. The fourth-order valence-electron chi connectivity index (χ4n) is 2.24. The Hall–Kier alpha value is -1.51. The first-order valence-corrected chi connectivity index (χ1v) is 6.70. The van der Waals surface area contributed by atoms with Gasteiger partial charge in [-0.2, -0.15) is 0 Å². The third kappa shape index (κ3) is 3.25. The van der Waals surface area contributed by atoms with E-state index in [0.29, 0.717) is 12.3 Å². The molecule has 2 rings (SSSR count). The monoisotopic (exact) mass is 247 g/mol. The molecule has 1 heterocycles. The van der Waals surface area contributed by atoms with Crippen LogP contribution in [0.5, 0.6) is 0 Å². The molecule has 0 saturated carbocycles. The Morgan fingerprint density at radius 1 is 1.39 bits per heavy atom. The molecule has 1 aliphatic rings. The van der Waals surface area contributed by atoms with Crippen molar-refractivity contribution in [1.82, 2.24) is 5.32 Å². The van der Waals surface area contributed by atoms with E-state index in [-0.39, 0.29) is 5.91 Å². The minimum atomic E-state index is -0.109. The average Bonchev–Trinajstić information content (AvgIpc) is 2.71. The number of hydrogen-bond donors (Lipinski definition) is 1. The Morgan fingerprint density at radius 3 is 2.83 bits per heavy atom. The van der Waals surface area contributed by atoms with E-state index in [1.807, 2.05) is 13.8 Å². The van der Waals surface area contributed by atoms with Gasteiger partial charge in [-0.3, -0.25) is 4.79 Å². The molecule has 18 heavy (non-hydrogen) atoms. The summed E-state index contributed by atoms with van der Waals surface area (Å²) in [6.45, 7) is 4.52. The van der Waals surface area contributed by atoms with Gasteiger partial charge < -0.3 is 9.73 Å². The Morgan fingerprint density at radius 2 is 2.22 bits per heavy atom. The molecule has 1 aliphatic carbocycles. The van der Waals surface area contributed by atoms with Crippen LogP contribution in [0.2, 0.25) is 0 Å². The van der Waals surface area contributed by atoms with Crippen LogP contribution < -0.4 is 5.32 Å². The second-order valence-corrected chi connectivity index (χ2v) is 4.96. The Kier molecular flexibility index (Phi) is 4.24. The van der Waals surface area contributed by atoms with Gasteiger partial charge in [-0.05, 0) is 57.6 Å². The van der Waals surface area contributed by atoms with Crippen LogP contribution in [0.15, 0.2) is 22.1 Å². The molecule has 3 nitrogen and oxygen atoms in total. The summed E-state index contributed by atoms with van der Waals surface area (Å²) in [6, 6.07) is 1.80. The van der Waals surface area contributed by atoms with E-state index in [4.69, 9.17) is 4.42 Å². The van der Waals surface area contributed by atoms with Crippen molar-refractivity contribution < 1.29 is 9.21 Å². The first-order chi connectivity index (χ1) is 8.66. The van der Waals surface area contributed by atoms with E-state index in [0.717, 1.165) is 17.7 Å². The Bertz CT molecular complexity index is 438. The molecule has 1 aromatic rings. The van der Waals surface area contributed by atoms with Crippen molar-refractivity contribution in [3.63, 3.8) is 0 Å². The summed E-state index contributed by atoms with van der Waals surface area (Å²) in [5.74, 6) is 1.13. The van der Waals surface area contributed by atoms with Crippen molar-refractivity contribution in [3.8, 4) is 0 Å². The maximum atomic E-state index is 11.8. The number of rotatable bonds is 4. The van der Waals surface area contributed by atoms with Gasteiger partial charge in [0.15, 0.2) is 5.76 Å². The number of furan rings is 1. The normalized spacial score (nSPS) is 15.3. The molecule has 1 aromatic heterocycles. The summed E-state index contributed by atoms with van der Waals surface area (Å²) in [5, 5.41) is 2.91. The van der Waals surface area contributed by atoms with Crippen LogP contribution in [0.4, 0.5) is 0 Å². The van der Waals surface area contributed by atoms with E-state index >= 15 is 0 Å². The summed E-state index contributed by atoms with van der Waals surface area (Å²) in [4.78, 5) is 11.8. The molecule has 0 aliphatic heterocycles. The van der Waals surface area contributed by atoms with Crippen molar-refractivity contribution in [2.75, 3.05) is 6.54 Å². The van der Waals surface area contributed by atoms with Gasteiger partial charge in [0.1, 0.15) is 5.76 Å². The van der Waals surface area contributed by atoms with Gasteiger partial charge in [0, 0.05) is 6.54 Å². The van der Waals surface area contributed by atoms with Gasteiger partial charge in [-0.25, -0.2) is 0 Å². The highest BCUT2D eigenvalue weighted by Gasteiger charge is 2.12. The summed E-state index contributed by atoms with van der Waals surface area (Å²) in [7, 11) is 0. The molecule has 0 unspecified atom stereocenters. The molecule has 1 N–H and O–H groups in total. The molecular formula is C15H21NO2. The zero-order valence-corrected chi connectivity index (χ0v) is 11.2. The lowest BCUT2D eigenvalue weighted by Gasteiger charge is -2.12. The van der Waals surface area contributed by atoms with E-state index in [1.54, 1.807) is 6.07 Å². The lowest BCUT2D eigenvalue weighted by Crippen LogP contribution is -2.24. The maximum Gasteiger partial charge on any atom is 0.287 e. The molecule has 3 heteroatoms. The summed E-state index contributed by atoms with van der Waals surface area (Å²) < 4.78 is 5.39. The number of aryl methyl sites for hydroxylation is 2. The van der Waals surface area contributed by atoms with Crippen LogP contribution in [0, 0.1) is 13.8 Å². The number of hydrogen-bond acceptors (Lipinski definition) is 2. The second kappa shape index (κ2) is 5.89. The smallest absolute Gasteiger partial charge is 0.287 e. The van der Waals surface area contributed by atoms with Crippen molar-refractivity contribution in [1.29, 1.82) is 0 Å². The van der Waals surface area contributed by atoms with Crippen molar-refractivity contribution in [2.45, 2.75) is 46.0 Å². The Labute approximate surface area is 108 Å². The van der Waals surface area contributed by atoms with Crippen LogP contribution in [0.25, 0.3) is 0 Å². The van der Waals surface area contributed by atoms with Gasteiger partial charge >= 0.3 is 0 Å². The first-order valence-electron chi connectivity index (χ1n) is 6.70. The molecule has 98 valence electrons. The maximum absolute atomic E-state index is 11.8. The van der Waals surface area contributed by atoms with Crippen molar-refractivity contribution in [2.24, 2.45) is 0 Å². The zero-order valence-electron chi connectivity index (χ0n) is 11.2. The van der Waals surface area contributed by atoms with Crippen molar-refractivity contribution in [3.05, 3.63) is 34.8 Å². The third-order valence-electron chi connectivity index (χ3n) is 3.51. The van der Waals surface area contributed by atoms with Crippen LogP contribution in [-0.2, 0) is 0 Å².